The number of aliphatic hydroxyl groups is 1. The molecule has 0 aromatic heterocycles. The number of hydrogen-bond donors (Lipinski definition) is 3. The van der Waals surface area contributed by atoms with E-state index in [1.807, 2.05) is 32.2 Å². The molecule has 1 aliphatic rings. The Bertz CT molecular complexity index is 452. The summed E-state index contributed by atoms with van der Waals surface area (Å²) in [6, 6.07) is 5.85. The van der Waals surface area contributed by atoms with Crippen molar-refractivity contribution in [2.75, 3.05) is 18.5 Å². The third-order valence-electron chi connectivity index (χ3n) is 3.65. The van der Waals surface area contributed by atoms with Gasteiger partial charge in [-0.25, -0.2) is 0 Å². The number of aliphatic hydroxyl groups excluding tert-OH is 1. The van der Waals surface area contributed by atoms with Gasteiger partial charge in [-0.15, -0.1) is 0 Å². The largest absolute Gasteiger partial charge is 0.393 e. The summed E-state index contributed by atoms with van der Waals surface area (Å²) >= 11 is 0. The van der Waals surface area contributed by atoms with Gasteiger partial charge >= 0.3 is 0 Å². The fourth-order valence-electron chi connectivity index (χ4n) is 2.71. The highest BCUT2D eigenvalue weighted by molar-refractivity contribution is 6.01. The Labute approximate surface area is 108 Å². The summed E-state index contributed by atoms with van der Waals surface area (Å²) in [4.78, 5) is 2.16. The van der Waals surface area contributed by atoms with Crippen molar-refractivity contribution in [3.63, 3.8) is 0 Å². The van der Waals surface area contributed by atoms with Gasteiger partial charge in [0.2, 0.25) is 0 Å². The number of nitrogens with two attached hydrogens (primary N) is 1. The highest BCUT2D eigenvalue weighted by Gasteiger charge is 2.28. The molecule has 0 bridgehead atoms. The number of hydrogen-bond acceptors (Lipinski definition) is 3. The monoisotopic (exact) mass is 247 g/mol. The molecular weight excluding hydrogens is 226 g/mol. The molecular formula is C14H21N3O. The molecule has 4 nitrogen and oxygen atoms in total. The minimum Gasteiger partial charge on any atom is -0.393 e. The summed E-state index contributed by atoms with van der Waals surface area (Å²) in [7, 11) is 2.03. The summed E-state index contributed by atoms with van der Waals surface area (Å²) in [5, 5.41) is 17.0. The van der Waals surface area contributed by atoms with Crippen LogP contribution in [0.2, 0.25) is 0 Å². The van der Waals surface area contributed by atoms with Gasteiger partial charge in [0.05, 0.1) is 11.8 Å². The Morgan fingerprint density at radius 3 is 2.72 bits per heavy atom. The van der Waals surface area contributed by atoms with Crippen molar-refractivity contribution in [1.29, 1.82) is 5.41 Å². The number of rotatable bonds is 4. The van der Waals surface area contributed by atoms with Crippen LogP contribution in [0.5, 0.6) is 0 Å². The Morgan fingerprint density at radius 1 is 1.50 bits per heavy atom. The zero-order chi connectivity index (χ0) is 13.3. The topological polar surface area (TPSA) is 73.3 Å². The Hall–Kier alpha value is -1.55. The van der Waals surface area contributed by atoms with Crippen LogP contribution in [0.1, 0.15) is 24.0 Å². The first kappa shape index (κ1) is 12.9. The summed E-state index contributed by atoms with van der Waals surface area (Å²) in [5.74, 6) is 0.651. The first-order valence-corrected chi connectivity index (χ1v) is 6.32. The minimum atomic E-state index is -0.118. The van der Waals surface area contributed by atoms with Crippen molar-refractivity contribution in [2.45, 2.75) is 25.9 Å². The van der Waals surface area contributed by atoms with E-state index in [4.69, 9.17) is 11.1 Å². The van der Waals surface area contributed by atoms with Gasteiger partial charge in [-0.1, -0.05) is 12.1 Å². The SMILES string of the molecule is Cc1cccc(C(=N)N)c1N(C)CC1CC(O)C1. The second-order valence-electron chi connectivity index (χ2n) is 5.26. The summed E-state index contributed by atoms with van der Waals surface area (Å²) in [6.07, 6.45) is 1.64. The molecule has 4 heteroatoms. The van der Waals surface area contributed by atoms with Crippen LogP contribution < -0.4 is 10.6 Å². The highest BCUT2D eigenvalue weighted by Crippen LogP contribution is 2.31. The van der Waals surface area contributed by atoms with E-state index in [2.05, 4.69) is 4.90 Å². The first-order chi connectivity index (χ1) is 8.49. The predicted molar refractivity (Wildman–Crippen MR) is 74.2 cm³/mol. The van der Waals surface area contributed by atoms with Crippen molar-refractivity contribution in [3.05, 3.63) is 29.3 Å². The number of benzene rings is 1. The van der Waals surface area contributed by atoms with E-state index < -0.39 is 0 Å². The number of aryl methyl sites for hydroxylation is 1. The van der Waals surface area contributed by atoms with Crippen LogP contribution in [0.4, 0.5) is 5.69 Å². The van der Waals surface area contributed by atoms with E-state index >= 15 is 0 Å². The van der Waals surface area contributed by atoms with Gasteiger partial charge in [0.1, 0.15) is 5.84 Å². The highest BCUT2D eigenvalue weighted by atomic mass is 16.3. The van der Waals surface area contributed by atoms with E-state index in [1.165, 1.54) is 0 Å². The minimum absolute atomic E-state index is 0.106. The summed E-state index contributed by atoms with van der Waals surface area (Å²) in [6.45, 7) is 2.94. The number of nitrogens with one attached hydrogen (secondary N) is 1. The van der Waals surface area contributed by atoms with Crippen molar-refractivity contribution in [2.24, 2.45) is 11.7 Å². The number of nitrogen functional groups attached to an aromatic ring is 1. The Kier molecular flexibility index (Phi) is 3.57. The van der Waals surface area contributed by atoms with Crippen LogP contribution in [0.3, 0.4) is 0 Å². The standard InChI is InChI=1S/C14H21N3O/c1-9-4-3-5-12(14(15)16)13(9)17(2)8-10-6-11(18)7-10/h3-5,10-11,18H,6-8H2,1-2H3,(H3,15,16). The van der Waals surface area contributed by atoms with Crippen molar-refractivity contribution in [3.8, 4) is 0 Å². The molecule has 1 aliphatic carbocycles. The molecule has 0 aliphatic heterocycles. The normalized spacial score (nSPS) is 22.4. The maximum absolute atomic E-state index is 9.33. The molecule has 1 aromatic carbocycles. The van der Waals surface area contributed by atoms with Gasteiger partial charge in [0, 0.05) is 19.2 Å². The van der Waals surface area contributed by atoms with E-state index in [-0.39, 0.29) is 11.9 Å². The molecule has 0 atom stereocenters. The fraction of sp³-hybridized carbons (Fsp3) is 0.500. The fourth-order valence-corrected chi connectivity index (χ4v) is 2.71. The molecule has 0 saturated heterocycles. The Balaban J connectivity index is 2.18. The molecule has 1 fully saturated rings. The third-order valence-corrected chi connectivity index (χ3v) is 3.65. The third kappa shape index (κ3) is 2.48. The zero-order valence-electron chi connectivity index (χ0n) is 11.0. The maximum atomic E-state index is 9.33. The van der Waals surface area contributed by atoms with E-state index in [9.17, 15) is 5.11 Å². The van der Waals surface area contributed by atoms with Crippen molar-refractivity contribution in [1.82, 2.24) is 0 Å². The van der Waals surface area contributed by atoms with Crippen LogP contribution in [0.15, 0.2) is 18.2 Å². The van der Waals surface area contributed by atoms with Gasteiger partial charge in [0.15, 0.2) is 0 Å². The van der Waals surface area contributed by atoms with Crippen LogP contribution >= 0.6 is 0 Å². The van der Waals surface area contributed by atoms with E-state index in [0.717, 1.165) is 36.2 Å². The van der Waals surface area contributed by atoms with Gasteiger partial charge in [-0.2, -0.15) is 0 Å². The van der Waals surface area contributed by atoms with E-state index in [0.29, 0.717) is 5.92 Å². The smallest absolute Gasteiger partial charge is 0.124 e. The molecule has 0 spiro atoms. The molecule has 1 saturated carbocycles. The number of para-hydroxylation sites is 1. The number of anilines is 1. The average molecular weight is 247 g/mol. The van der Waals surface area contributed by atoms with Crippen LogP contribution in [0, 0.1) is 18.3 Å². The molecule has 98 valence electrons. The molecule has 0 amide bonds. The lowest BCUT2D eigenvalue weighted by Crippen LogP contribution is -2.38. The summed E-state index contributed by atoms with van der Waals surface area (Å²) < 4.78 is 0. The Morgan fingerprint density at radius 2 is 2.17 bits per heavy atom. The van der Waals surface area contributed by atoms with Gasteiger partial charge in [-0.3, -0.25) is 5.41 Å². The van der Waals surface area contributed by atoms with Gasteiger partial charge in [-0.05, 0) is 37.3 Å². The maximum Gasteiger partial charge on any atom is 0.124 e. The molecule has 0 unspecified atom stereocenters. The molecule has 0 heterocycles. The van der Waals surface area contributed by atoms with Gasteiger partial charge < -0.3 is 15.7 Å². The number of nitrogens with zero attached hydrogens (tertiary/aromatic N) is 1. The number of amidine groups is 1. The quantitative estimate of drug-likeness (QED) is 0.557. The summed E-state index contributed by atoms with van der Waals surface area (Å²) in [5.41, 5.74) is 8.59. The zero-order valence-corrected chi connectivity index (χ0v) is 11.0. The lowest BCUT2D eigenvalue weighted by atomic mass is 9.82. The second-order valence-corrected chi connectivity index (χ2v) is 5.26. The van der Waals surface area contributed by atoms with Gasteiger partial charge in [0.25, 0.3) is 0 Å². The van der Waals surface area contributed by atoms with Crippen molar-refractivity contribution < 1.29 is 5.11 Å². The lowest BCUT2D eigenvalue weighted by Gasteiger charge is -2.36. The second kappa shape index (κ2) is 4.98. The first-order valence-electron chi connectivity index (χ1n) is 6.32. The molecule has 1 aromatic rings. The van der Waals surface area contributed by atoms with Crippen molar-refractivity contribution >= 4 is 11.5 Å². The van der Waals surface area contributed by atoms with Crippen LogP contribution in [-0.4, -0.2) is 30.6 Å². The van der Waals surface area contributed by atoms with E-state index in [1.54, 1.807) is 0 Å². The lowest BCUT2D eigenvalue weighted by molar-refractivity contribution is 0.0465. The van der Waals surface area contributed by atoms with Crippen LogP contribution in [-0.2, 0) is 0 Å². The molecule has 4 N–H and O–H groups in total. The average Bonchev–Trinajstić information content (AvgIpc) is 2.26. The molecule has 0 radical (unpaired) electrons. The molecule has 2 rings (SSSR count). The van der Waals surface area contributed by atoms with Crippen LogP contribution in [0.25, 0.3) is 0 Å². The molecule has 18 heavy (non-hydrogen) atoms. The predicted octanol–water partition coefficient (Wildman–Crippen LogP) is 1.49.